The Morgan fingerprint density at radius 2 is 0.698 bits per heavy atom. The predicted molar refractivity (Wildman–Crippen MR) is 187 cm³/mol. The van der Waals surface area contributed by atoms with Crippen LogP contribution in [0.4, 0.5) is 0 Å². The van der Waals surface area contributed by atoms with Gasteiger partial charge in [-0.3, -0.25) is 0 Å². The molecule has 0 aromatic heterocycles. The van der Waals surface area contributed by atoms with Crippen LogP contribution in [-0.4, -0.2) is 82.7 Å². The van der Waals surface area contributed by atoms with Gasteiger partial charge >= 0.3 is 0 Å². The Hall–Kier alpha value is 0.411. The van der Waals surface area contributed by atoms with Gasteiger partial charge in [0, 0.05) is 43.9 Å². The first-order valence-electron chi connectivity index (χ1n) is 19.3. The lowest BCUT2D eigenvalue weighted by molar-refractivity contribution is -0.206. The van der Waals surface area contributed by atoms with Gasteiger partial charge in [-0.25, -0.2) is 0 Å². The Morgan fingerprint density at radius 3 is 0.953 bits per heavy atom. The number of hydrogen-bond donors (Lipinski definition) is 3. The molecule has 3 saturated heterocycles. The van der Waals surface area contributed by atoms with Crippen LogP contribution in [0.2, 0.25) is 0 Å². The summed E-state index contributed by atoms with van der Waals surface area (Å²) in [5.74, 6) is 0.390. The summed E-state index contributed by atoms with van der Waals surface area (Å²) in [6.45, 7) is 2.83. The van der Waals surface area contributed by atoms with Crippen molar-refractivity contribution in [2.75, 3.05) is 19.8 Å². The summed E-state index contributed by atoms with van der Waals surface area (Å²) < 4.78 is 22.2. The first-order chi connectivity index (χ1) is 21.2. The molecule has 3 N–H and O–H groups in total. The topological polar surface area (TPSA) is 63.8 Å². The van der Waals surface area contributed by atoms with Crippen LogP contribution in [0.5, 0.6) is 0 Å². The van der Waals surface area contributed by atoms with Gasteiger partial charge < -0.3 is 29.2 Å². The van der Waals surface area contributed by atoms with Crippen molar-refractivity contribution < 1.29 is 14.2 Å². The highest BCUT2D eigenvalue weighted by atomic mass is 28.2. The number of hydrogen-bond acceptors (Lipinski definition) is 6. The highest BCUT2D eigenvalue weighted by molar-refractivity contribution is 6.42. The van der Waals surface area contributed by atoms with Gasteiger partial charge in [0.2, 0.25) is 0 Å². The minimum atomic E-state index is -0.721. The van der Waals surface area contributed by atoms with Crippen molar-refractivity contribution in [1.82, 2.24) is 14.9 Å². The normalized spacial score (nSPS) is 37.7. The van der Waals surface area contributed by atoms with Crippen molar-refractivity contribution in [2.24, 2.45) is 5.92 Å². The monoisotopic (exact) mass is 649 g/mol. The molecule has 3 unspecified atom stereocenters. The fourth-order valence-corrected chi connectivity index (χ4v) is 19.2. The van der Waals surface area contributed by atoms with Crippen LogP contribution in [0.3, 0.4) is 0 Å². The maximum absolute atomic E-state index is 7.39. The molecule has 0 aromatic rings. The molecule has 9 heteroatoms. The Labute approximate surface area is 271 Å². The minimum absolute atomic E-state index is 0.0487. The summed E-state index contributed by atoms with van der Waals surface area (Å²) in [5.41, 5.74) is 0. The second-order valence-corrected chi connectivity index (χ2v) is 21.6. The summed E-state index contributed by atoms with van der Waals surface area (Å²) in [4.78, 5) is 13.0. The lowest BCUT2D eigenvalue weighted by atomic mass is 9.78. The quantitative estimate of drug-likeness (QED) is 0.274. The van der Waals surface area contributed by atoms with Gasteiger partial charge in [0.1, 0.15) is 29.0 Å². The van der Waals surface area contributed by atoms with Crippen LogP contribution >= 0.6 is 0 Å². The second kappa shape index (κ2) is 16.5. The molecule has 6 rings (SSSR count). The van der Waals surface area contributed by atoms with E-state index in [-0.39, 0.29) is 15.7 Å². The van der Waals surface area contributed by atoms with Gasteiger partial charge in [-0.2, -0.15) is 0 Å². The third kappa shape index (κ3) is 8.47. The van der Waals surface area contributed by atoms with E-state index in [2.05, 4.69) is 14.9 Å². The number of ether oxygens (including phenoxy) is 3. The Balaban J connectivity index is 1.36. The van der Waals surface area contributed by atoms with E-state index < -0.39 is 29.0 Å². The number of nitrogens with one attached hydrogen (secondary N) is 3. The Bertz CT molecular complexity index is 697. The van der Waals surface area contributed by atoms with E-state index in [1.54, 1.807) is 0 Å². The summed E-state index contributed by atoms with van der Waals surface area (Å²) in [6, 6.07) is 2.14. The van der Waals surface area contributed by atoms with Crippen LogP contribution < -0.4 is 14.9 Å². The summed E-state index contributed by atoms with van der Waals surface area (Å²) in [7, 11) is -2.16. The molecule has 43 heavy (non-hydrogen) atoms. The van der Waals surface area contributed by atoms with Crippen LogP contribution in [0.15, 0.2) is 0 Å². The van der Waals surface area contributed by atoms with Crippen molar-refractivity contribution in [3.05, 3.63) is 0 Å². The van der Waals surface area contributed by atoms with E-state index in [9.17, 15) is 0 Å². The molecule has 3 aliphatic carbocycles. The standard InChI is InChI=1S/C34H67N3O3Si3/c1-4-16-28(17-5-1)35-41-32(22-10-13-25-38-32)31(33(23-11-14-26-39-33)42-36-29-18-6-2-7-19-29)34(24-12-15-27-40-34)43-37-30-20-8-3-9-21-30/h28-31,35-37H,1-27,41-43H2. The van der Waals surface area contributed by atoms with Crippen molar-refractivity contribution in [3.8, 4) is 0 Å². The van der Waals surface area contributed by atoms with Crippen LogP contribution in [0.1, 0.15) is 154 Å². The zero-order valence-corrected chi connectivity index (χ0v) is 32.0. The van der Waals surface area contributed by atoms with Gasteiger partial charge in [-0.15, -0.1) is 0 Å². The zero-order chi connectivity index (χ0) is 29.3. The average Bonchev–Trinajstić information content (AvgIpc) is 3.08. The maximum atomic E-state index is 7.39. The molecular formula is C34H67N3O3Si3. The third-order valence-electron chi connectivity index (χ3n) is 12.6. The molecular weight excluding hydrogens is 583 g/mol. The summed E-state index contributed by atoms with van der Waals surface area (Å²) >= 11 is 0. The van der Waals surface area contributed by atoms with E-state index in [0.717, 1.165) is 19.8 Å². The van der Waals surface area contributed by atoms with E-state index in [1.165, 1.54) is 154 Å². The minimum Gasteiger partial charge on any atom is -0.377 e. The van der Waals surface area contributed by atoms with Gasteiger partial charge in [0.05, 0.1) is 15.7 Å². The first-order valence-corrected chi connectivity index (χ1v) is 23.6. The van der Waals surface area contributed by atoms with Crippen molar-refractivity contribution in [1.29, 1.82) is 0 Å². The molecule has 3 atom stereocenters. The second-order valence-electron chi connectivity index (χ2n) is 15.7. The van der Waals surface area contributed by atoms with Crippen LogP contribution in [0, 0.1) is 5.92 Å². The van der Waals surface area contributed by atoms with Crippen molar-refractivity contribution >= 4 is 29.0 Å². The largest absolute Gasteiger partial charge is 0.377 e. The fourth-order valence-electron chi connectivity index (χ4n) is 10.3. The molecule has 6 nitrogen and oxygen atoms in total. The molecule has 6 fully saturated rings. The zero-order valence-electron chi connectivity index (χ0n) is 27.7. The first kappa shape index (κ1) is 33.3. The summed E-state index contributed by atoms with van der Waals surface area (Å²) in [6.07, 6.45) is 32.2. The summed E-state index contributed by atoms with van der Waals surface area (Å²) in [5, 5.41) is -0.146. The molecule has 3 saturated carbocycles. The van der Waals surface area contributed by atoms with Gasteiger partial charge in [0.25, 0.3) is 0 Å². The van der Waals surface area contributed by atoms with Gasteiger partial charge in [-0.1, -0.05) is 57.8 Å². The Kier molecular flexibility index (Phi) is 12.8. The molecule has 3 heterocycles. The number of rotatable bonds is 12. The van der Waals surface area contributed by atoms with Crippen molar-refractivity contribution in [3.63, 3.8) is 0 Å². The highest BCUT2D eigenvalue weighted by Gasteiger charge is 2.63. The van der Waals surface area contributed by atoms with Crippen molar-refractivity contribution in [2.45, 2.75) is 188 Å². The molecule has 0 amide bonds. The van der Waals surface area contributed by atoms with Crippen LogP contribution in [0.25, 0.3) is 0 Å². The Morgan fingerprint density at radius 1 is 0.395 bits per heavy atom. The molecule has 248 valence electrons. The van der Waals surface area contributed by atoms with E-state index in [4.69, 9.17) is 14.2 Å². The third-order valence-corrected chi connectivity index (χ3v) is 19.7. The SMILES string of the molecule is C1CCC(N[SiH2]C2(C(C3([SiH2]NC4CCCCC4)CCCCO3)C3([SiH2]NC4CCCCC4)CCCCO3)CCCCO2)CC1. The molecule has 0 spiro atoms. The molecule has 0 bridgehead atoms. The van der Waals surface area contributed by atoms with Gasteiger partial charge in [-0.05, 0) is 96.3 Å². The lowest BCUT2D eigenvalue weighted by Crippen LogP contribution is -2.75. The van der Waals surface area contributed by atoms with Gasteiger partial charge in [0.15, 0.2) is 0 Å². The average molecular weight is 650 g/mol. The fraction of sp³-hybridized carbons (Fsp3) is 1.00. The molecule has 3 aliphatic heterocycles. The molecule has 0 radical (unpaired) electrons. The van der Waals surface area contributed by atoms with E-state index in [0.29, 0.717) is 24.0 Å². The lowest BCUT2D eigenvalue weighted by Gasteiger charge is -2.61. The van der Waals surface area contributed by atoms with E-state index >= 15 is 0 Å². The van der Waals surface area contributed by atoms with Crippen LogP contribution in [-0.2, 0) is 14.2 Å². The van der Waals surface area contributed by atoms with E-state index in [1.807, 2.05) is 0 Å². The highest BCUT2D eigenvalue weighted by Crippen LogP contribution is 2.51. The molecule has 6 aliphatic rings. The maximum Gasteiger partial charge on any atom is 0.129 e. The predicted octanol–water partition coefficient (Wildman–Crippen LogP) is 4.31. The molecule has 0 aromatic carbocycles. The smallest absolute Gasteiger partial charge is 0.129 e.